The minimum atomic E-state index is -0.429. The van der Waals surface area contributed by atoms with Crippen LogP contribution < -0.4 is 36.3 Å². The molecule has 3 fully saturated rings. The molecule has 5 heterocycles. The lowest BCUT2D eigenvalue weighted by Crippen LogP contribution is -2.48. The Bertz CT molecular complexity index is 2260. The summed E-state index contributed by atoms with van der Waals surface area (Å²) in [5.41, 5.74) is 4.54. The van der Waals surface area contributed by atoms with Gasteiger partial charge in [0.25, 0.3) is 5.56 Å². The number of carbonyl (C=O) groups is 5. The molecule has 0 spiro atoms. The van der Waals surface area contributed by atoms with Crippen LogP contribution in [-0.4, -0.2) is 113 Å². The number of aromatic nitrogens is 3. The SMILES string of the molecule is COc1cc(-c2cn(C)c(=O)c3[nH]ncc23)cc(OC)c1CNCC(=O)NC1CCN(C(=O)CCC(=O)N2CCC(c3ccc(NC4CCC(=O)NC4=O)cc3)CC2)CC1. The Kier molecular flexibility index (Phi) is 13.1. The number of H-pyrrole nitrogens is 1. The number of hydrogen-bond donors (Lipinski definition) is 5. The first-order valence-corrected chi connectivity index (χ1v) is 20.5. The molecule has 2 aromatic heterocycles. The van der Waals surface area contributed by atoms with E-state index in [4.69, 9.17) is 9.47 Å². The summed E-state index contributed by atoms with van der Waals surface area (Å²) >= 11 is 0. The first-order valence-electron chi connectivity index (χ1n) is 20.5. The average Bonchev–Trinajstić information content (AvgIpc) is 3.76. The van der Waals surface area contributed by atoms with Crippen molar-refractivity contribution in [3.05, 3.63) is 70.3 Å². The summed E-state index contributed by atoms with van der Waals surface area (Å²) in [6.45, 7) is 2.67. The summed E-state index contributed by atoms with van der Waals surface area (Å²) in [5.74, 6) is 0.690. The predicted octanol–water partition coefficient (Wildman–Crippen LogP) is 2.55. The van der Waals surface area contributed by atoms with E-state index in [0.29, 0.717) is 86.7 Å². The third-order valence-electron chi connectivity index (χ3n) is 11.9. The molecule has 0 saturated carbocycles. The third kappa shape index (κ3) is 9.62. The molecule has 0 radical (unpaired) electrons. The number of piperidine rings is 3. The van der Waals surface area contributed by atoms with Gasteiger partial charge in [-0.25, -0.2) is 0 Å². The van der Waals surface area contributed by atoms with Gasteiger partial charge in [-0.1, -0.05) is 12.1 Å². The van der Waals surface area contributed by atoms with E-state index < -0.39 is 6.04 Å². The number of methoxy groups -OCH3 is 2. The molecule has 2 aromatic carbocycles. The molecule has 1 unspecified atom stereocenters. The maximum absolute atomic E-state index is 13.1. The van der Waals surface area contributed by atoms with Gasteiger partial charge in [0, 0.05) is 93.5 Å². The molecule has 17 nitrogen and oxygen atoms in total. The summed E-state index contributed by atoms with van der Waals surface area (Å²) in [4.78, 5) is 78.8. The summed E-state index contributed by atoms with van der Waals surface area (Å²) in [7, 11) is 4.82. The van der Waals surface area contributed by atoms with Gasteiger partial charge in [0.1, 0.15) is 23.1 Å². The minimum Gasteiger partial charge on any atom is -0.496 e. The Hall–Kier alpha value is -6.23. The summed E-state index contributed by atoms with van der Waals surface area (Å²) in [6, 6.07) is 11.3. The summed E-state index contributed by atoms with van der Waals surface area (Å²) < 4.78 is 13.0. The number of aryl methyl sites for hydroxylation is 1. The molecule has 17 heteroatoms. The van der Waals surface area contributed by atoms with Crippen molar-refractivity contribution in [1.82, 2.24) is 40.5 Å². The largest absolute Gasteiger partial charge is 0.496 e. The average molecular weight is 824 g/mol. The number of nitrogens with one attached hydrogen (secondary N) is 5. The molecule has 0 aliphatic carbocycles. The number of pyridine rings is 1. The highest BCUT2D eigenvalue weighted by atomic mass is 16.5. The number of ether oxygens (including phenoxy) is 2. The Morgan fingerprint density at radius 2 is 1.50 bits per heavy atom. The number of benzene rings is 2. The number of rotatable bonds is 14. The number of carbonyl (C=O) groups excluding carboxylic acids is 5. The van der Waals surface area contributed by atoms with Crippen molar-refractivity contribution in [2.24, 2.45) is 7.05 Å². The van der Waals surface area contributed by atoms with E-state index in [0.717, 1.165) is 35.2 Å². The summed E-state index contributed by atoms with van der Waals surface area (Å²) in [5, 5.41) is 19.4. The van der Waals surface area contributed by atoms with Gasteiger partial charge in [-0.2, -0.15) is 5.10 Å². The third-order valence-corrected chi connectivity index (χ3v) is 11.9. The van der Waals surface area contributed by atoms with Gasteiger partial charge in [-0.3, -0.25) is 39.2 Å². The molecule has 3 aliphatic rings. The van der Waals surface area contributed by atoms with Gasteiger partial charge in [-0.05, 0) is 73.4 Å². The van der Waals surface area contributed by atoms with Crippen LogP contribution in [0.5, 0.6) is 11.5 Å². The van der Waals surface area contributed by atoms with Gasteiger partial charge in [0.05, 0.1) is 27.0 Å². The fraction of sp³-hybridized carbons (Fsp3) is 0.465. The second-order valence-corrected chi connectivity index (χ2v) is 15.7. The molecule has 4 aromatic rings. The number of imide groups is 1. The van der Waals surface area contributed by atoms with Gasteiger partial charge in [0.15, 0.2) is 0 Å². The molecule has 0 bridgehead atoms. The topological polar surface area (TPSA) is 209 Å². The van der Waals surface area contributed by atoms with Crippen molar-refractivity contribution in [3.63, 3.8) is 0 Å². The molecular formula is C43H53N9O8. The molecule has 60 heavy (non-hydrogen) atoms. The molecule has 318 valence electrons. The number of aromatic amines is 1. The van der Waals surface area contributed by atoms with Crippen LogP contribution in [0, 0.1) is 0 Å². The van der Waals surface area contributed by atoms with Crippen molar-refractivity contribution in [2.75, 3.05) is 52.3 Å². The van der Waals surface area contributed by atoms with Crippen molar-refractivity contribution in [2.45, 2.75) is 75.9 Å². The zero-order valence-electron chi connectivity index (χ0n) is 34.3. The normalized spacial score (nSPS) is 17.7. The van der Waals surface area contributed by atoms with Crippen LogP contribution in [0.15, 0.2) is 53.6 Å². The molecule has 5 N–H and O–H groups in total. The Labute approximate surface area is 347 Å². The van der Waals surface area contributed by atoms with Crippen LogP contribution in [0.3, 0.4) is 0 Å². The van der Waals surface area contributed by atoms with Crippen molar-refractivity contribution >= 4 is 46.1 Å². The van der Waals surface area contributed by atoms with Crippen molar-refractivity contribution in [3.8, 4) is 22.6 Å². The van der Waals surface area contributed by atoms with E-state index in [-0.39, 0.29) is 60.5 Å². The smallest absolute Gasteiger partial charge is 0.276 e. The second kappa shape index (κ2) is 18.8. The Balaban J connectivity index is 0.804. The lowest BCUT2D eigenvalue weighted by molar-refractivity contribution is -0.138. The highest BCUT2D eigenvalue weighted by molar-refractivity contribution is 6.01. The number of fused-ring (bicyclic) bond motifs is 1. The maximum atomic E-state index is 13.1. The minimum absolute atomic E-state index is 0.00796. The van der Waals surface area contributed by atoms with Crippen LogP contribution in [0.1, 0.15) is 68.4 Å². The van der Waals surface area contributed by atoms with Crippen LogP contribution in [0.2, 0.25) is 0 Å². The number of amides is 5. The molecule has 7 rings (SSSR count). The van der Waals surface area contributed by atoms with E-state index in [2.05, 4.69) is 43.6 Å². The van der Waals surface area contributed by atoms with Crippen LogP contribution >= 0.6 is 0 Å². The lowest BCUT2D eigenvalue weighted by Gasteiger charge is -2.34. The van der Waals surface area contributed by atoms with E-state index in [1.807, 2.05) is 29.2 Å². The lowest BCUT2D eigenvalue weighted by atomic mass is 9.89. The van der Waals surface area contributed by atoms with Gasteiger partial charge < -0.3 is 39.8 Å². The molecular weight excluding hydrogens is 771 g/mol. The predicted molar refractivity (Wildman–Crippen MR) is 223 cm³/mol. The van der Waals surface area contributed by atoms with Crippen LogP contribution in [-0.2, 0) is 37.6 Å². The number of hydrogen-bond acceptors (Lipinski definition) is 11. The van der Waals surface area contributed by atoms with Crippen molar-refractivity contribution in [1.29, 1.82) is 0 Å². The fourth-order valence-corrected chi connectivity index (χ4v) is 8.42. The maximum Gasteiger partial charge on any atom is 0.276 e. The fourth-order valence-electron chi connectivity index (χ4n) is 8.42. The monoisotopic (exact) mass is 823 g/mol. The van der Waals surface area contributed by atoms with E-state index >= 15 is 0 Å². The Morgan fingerprint density at radius 3 is 2.12 bits per heavy atom. The van der Waals surface area contributed by atoms with Gasteiger partial charge in [-0.15, -0.1) is 0 Å². The first kappa shape index (κ1) is 41.9. The van der Waals surface area contributed by atoms with Crippen LogP contribution in [0.25, 0.3) is 22.0 Å². The van der Waals surface area contributed by atoms with Gasteiger partial charge in [0.2, 0.25) is 29.5 Å². The molecule has 5 amide bonds. The number of nitrogens with zero attached hydrogens (tertiary/aromatic N) is 4. The first-order chi connectivity index (χ1) is 29.0. The second-order valence-electron chi connectivity index (χ2n) is 15.7. The van der Waals surface area contributed by atoms with E-state index in [1.54, 1.807) is 38.6 Å². The highest BCUT2D eigenvalue weighted by Crippen LogP contribution is 2.37. The summed E-state index contributed by atoms with van der Waals surface area (Å²) in [6.07, 6.45) is 7.42. The van der Waals surface area contributed by atoms with E-state index in [9.17, 15) is 28.8 Å². The zero-order valence-corrected chi connectivity index (χ0v) is 34.3. The molecule has 1 atom stereocenters. The zero-order chi connectivity index (χ0) is 42.3. The van der Waals surface area contributed by atoms with E-state index in [1.165, 1.54) is 10.1 Å². The number of likely N-dealkylation sites (tertiary alicyclic amines) is 2. The Morgan fingerprint density at radius 1 is 0.867 bits per heavy atom. The highest BCUT2D eigenvalue weighted by Gasteiger charge is 2.29. The molecule has 3 aliphatic heterocycles. The van der Waals surface area contributed by atoms with Crippen LogP contribution in [0.4, 0.5) is 5.69 Å². The quantitative estimate of drug-likeness (QED) is 0.117. The van der Waals surface area contributed by atoms with Gasteiger partial charge >= 0.3 is 0 Å². The standard InChI is InChI=1S/C43H53N9O8/c1-50-25-33(31-23-45-49-41(31)43(50)58)28-20-35(59-2)32(36(21-28)60-3)22-44-24-38(54)47-30-14-18-52(19-15-30)40(56)11-10-39(55)51-16-12-27(13-17-51)26-4-6-29(7-5-26)46-34-8-9-37(53)48-42(34)57/h4-7,20-21,23,25,27,30,34,44,46H,8-19,22,24H2,1-3H3,(H,45,49)(H,47,54)(H,48,53,57). The molecule has 3 saturated heterocycles. The van der Waals surface area contributed by atoms with Crippen molar-refractivity contribution < 1.29 is 33.4 Å². The number of anilines is 1.